The first-order valence-electron chi connectivity index (χ1n) is 14.5. The molecular formula is C31H54O4. The average molecular weight is 491 g/mol. The topological polar surface area (TPSA) is 80.9 Å². The van der Waals surface area contributed by atoms with Gasteiger partial charge in [-0.2, -0.15) is 0 Å². The summed E-state index contributed by atoms with van der Waals surface area (Å²) in [5.41, 5.74) is 2.44. The molecule has 0 heterocycles. The summed E-state index contributed by atoms with van der Waals surface area (Å²) in [6.07, 6.45) is 16.5. The second-order valence-electron chi connectivity index (χ2n) is 13.5. The lowest BCUT2D eigenvalue weighted by atomic mass is 9.60. The molecule has 0 spiro atoms. The first-order valence-corrected chi connectivity index (χ1v) is 14.5. The van der Waals surface area contributed by atoms with Crippen LogP contribution in [0.5, 0.6) is 0 Å². The first kappa shape index (κ1) is 28.9. The van der Waals surface area contributed by atoms with E-state index < -0.39 is 17.8 Å². The summed E-state index contributed by atoms with van der Waals surface area (Å²) >= 11 is 0. The zero-order chi connectivity index (χ0) is 25.8. The summed E-state index contributed by atoms with van der Waals surface area (Å²) in [6, 6.07) is 0. The van der Waals surface area contributed by atoms with Gasteiger partial charge in [-0.25, -0.2) is 0 Å². The van der Waals surface area contributed by atoms with E-state index in [0.29, 0.717) is 48.3 Å². The molecule has 3 fully saturated rings. The quantitative estimate of drug-likeness (QED) is 0.289. The van der Waals surface area contributed by atoms with E-state index in [1.807, 2.05) is 13.8 Å². The van der Waals surface area contributed by atoms with Crippen LogP contribution in [0.1, 0.15) is 118 Å². The molecule has 0 aliphatic heterocycles. The summed E-state index contributed by atoms with van der Waals surface area (Å²) in [5, 5.41) is 41.0. The fourth-order valence-electron chi connectivity index (χ4n) is 7.65. The van der Waals surface area contributed by atoms with Crippen molar-refractivity contribution >= 4 is 0 Å². The number of hydrogen-bond acceptors (Lipinski definition) is 4. The molecule has 7 atom stereocenters. The van der Waals surface area contributed by atoms with Crippen LogP contribution in [-0.4, -0.2) is 44.3 Å². The van der Waals surface area contributed by atoms with Gasteiger partial charge in [0.1, 0.15) is 0 Å². The summed E-state index contributed by atoms with van der Waals surface area (Å²) in [7, 11) is 0. The number of allylic oxidation sites excluding steroid dienone is 3. The lowest BCUT2D eigenvalue weighted by Crippen LogP contribution is -2.37. The van der Waals surface area contributed by atoms with Crippen LogP contribution in [0.15, 0.2) is 23.3 Å². The molecule has 0 saturated heterocycles. The largest absolute Gasteiger partial charge is 0.393 e. The zero-order valence-corrected chi connectivity index (χ0v) is 23.2. The van der Waals surface area contributed by atoms with Gasteiger partial charge in [0.15, 0.2) is 0 Å². The smallest absolute Gasteiger partial charge is 0.0602 e. The van der Waals surface area contributed by atoms with Gasteiger partial charge < -0.3 is 20.4 Å². The Hall–Kier alpha value is -0.680. The molecule has 4 heteroatoms. The highest BCUT2D eigenvalue weighted by molar-refractivity contribution is 5.26. The van der Waals surface area contributed by atoms with Crippen molar-refractivity contribution in [1.82, 2.24) is 0 Å². The molecule has 0 radical (unpaired) electrons. The molecule has 3 aliphatic rings. The van der Waals surface area contributed by atoms with Gasteiger partial charge in [0.05, 0.1) is 23.9 Å². The van der Waals surface area contributed by atoms with Crippen molar-refractivity contribution < 1.29 is 20.4 Å². The third kappa shape index (κ3) is 7.90. The minimum Gasteiger partial charge on any atom is -0.393 e. The van der Waals surface area contributed by atoms with Crippen LogP contribution in [-0.2, 0) is 0 Å². The average Bonchev–Trinajstić information content (AvgIpc) is 3.10. The van der Waals surface area contributed by atoms with Crippen molar-refractivity contribution in [3.05, 3.63) is 23.3 Å². The van der Waals surface area contributed by atoms with E-state index in [0.717, 1.165) is 38.5 Å². The van der Waals surface area contributed by atoms with Gasteiger partial charge in [0, 0.05) is 0 Å². The minimum atomic E-state index is -0.612. The van der Waals surface area contributed by atoms with Gasteiger partial charge in [-0.1, -0.05) is 56.9 Å². The number of aliphatic hydroxyl groups excluding tert-OH is 3. The molecule has 0 aromatic heterocycles. The summed E-state index contributed by atoms with van der Waals surface area (Å²) in [6.45, 7) is 10.6. The van der Waals surface area contributed by atoms with Gasteiger partial charge in [-0.05, 0) is 114 Å². The molecule has 3 aliphatic carbocycles. The summed E-state index contributed by atoms with van der Waals surface area (Å²) in [5.74, 6) is 2.18. The SMILES string of the molecule is CC(C)[C@H](O)CC[C@H](CCCC(C)(C)O)[C@H]1CC[C@H]2/C(=C/C=C3CC(O)C[C@H](O)C3)CCC[C@]12C. The molecule has 4 nitrogen and oxygen atoms in total. The van der Waals surface area contributed by atoms with Crippen molar-refractivity contribution in [2.45, 2.75) is 142 Å². The van der Waals surface area contributed by atoms with Gasteiger partial charge in [0.2, 0.25) is 0 Å². The van der Waals surface area contributed by atoms with Crippen LogP contribution in [0.2, 0.25) is 0 Å². The molecule has 3 rings (SSSR count). The number of aliphatic hydroxyl groups is 4. The van der Waals surface area contributed by atoms with Crippen molar-refractivity contribution in [2.24, 2.45) is 29.1 Å². The van der Waals surface area contributed by atoms with Crippen molar-refractivity contribution in [1.29, 1.82) is 0 Å². The van der Waals surface area contributed by atoms with Crippen LogP contribution in [0.4, 0.5) is 0 Å². The predicted molar refractivity (Wildman–Crippen MR) is 144 cm³/mol. The highest BCUT2D eigenvalue weighted by Gasteiger charge is 2.51. The van der Waals surface area contributed by atoms with Crippen LogP contribution >= 0.6 is 0 Å². The molecule has 202 valence electrons. The lowest BCUT2D eigenvalue weighted by Gasteiger charge is -2.45. The highest BCUT2D eigenvalue weighted by atomic mass is 16.3. The van der Waals surface area contributed by atoms with Crippen LogP contribution < -0.4 is 0 Å². The van der Waals surface area contributed by atoms with Crippen molar-refractivity contribution in [3.8, 4) is 0 Å². The monoisotopic (exact) mass is 490 g/mol. The second kappa shape index (κ2) is 12.2. The van der Waals surface area contributed by atoms with Crippen LogP contribution in [0.3, 0.4) is 0 Å². The Balaban J connectivity index is 1.75. The van der Waals surface area contributed by atoms with Crippen molar-refractivity contribution in [2.75, 3.05) is 0 Å². The van der Waals surface area contributed by atoms with Crippen LogP contribution in [0, 0.1) is 29.1 Å². The third-order valence-electron chi connectivity index (χ3n) is 9.65. The molecule has 0 aromatic rings. The van der Waals surface area contributed by atoms with E-state index >= 15 is 0 Å². The van der Waals surface area contributed by atoms with E-state index in [4.69, 9.17) is 0 Å². The standard InChI is InChI=1S/C31H54O4/c1-21(2)29(34)15-12-24(8-6-16-30(3,4)35)28-14-13-27-23(9-7-17-31(27,28)5)11-10-22-18-25(32)20-26(33)19-22/h10-11,21,24-29,32-35H,6-9,12-20H2,1-5H3/b22-10?,23-11+/t24-,25+,26?,27-,28+,29+,31-/m0/s1. The molecule has 0 amide bonds. The Morgan fingerprint density at radius 2 is 1.71 bits per heavy atom. The Labute approximate surface area is 214 Å². The second-order valence-corrected chi connectivity index (χ2v) is 13.5. The summed E-state index contributed by atoms with van der Waals surface area (Å²) < 4.78 is 0. The molecule has 0 aromatic carbocycles. The van der Waals surface area contributed by atoms with E-state index in [1.54, 1.807) is 5.57 Å². The van der Waals surface area contributed by atoms with E-state index in [9.17, 15) is 20.4 Å². The molecule has 0 bridgehead atoms. The van der Waals surface area contributed by atoms with Gasteiger partial charge in [-0.3, -0.25) is 0 Å². The molecule has 1 unspecified atom stereocenters. The van der Waals surface area contributed by atoms with Gasteiger partial charge in [0.25, 0.3) is 0 Å². The Kier molecular flexibility index (Phi) is 10.1. The molecule has 35 heavy (non-hydrogen) atoms. The minimum absolute atomic E-state index is 0.230. The normalized spacial score (nSPS) is 36.1. The Bertz CT molecular complexity index is 721. The van der Waals surface area contributed by atoms with Gasteiger partial charge in [-0.15, -0.1) is 0 Å². The lowest BCUT2D eigenvalue weighted by molar-refractivity contribution is 0.0478. The van der Waals surface area contributed by atoms with Crippen LogP contribution in [0.25, 0.3) is 0 Å². The van der Waals surface area contributed by atoms with Gasteiger partial charge >= 0.3 is 0 Å². The predicted octanol–water partition coefficient (Wildman–Crippen LogP) is 6.32. The third-order valence-corrected chi connectivity index (χ3v) is 9.65. The molecular weight excluding hydrogens is 436 g/mol. The maximum absolute atomic E-state index is 10.6. The number of fused-ring (bicyclic) bond motifs is 1. The maximum Gasteiger partial charge on any atom is 0.0602 e. The number of hydrogen-bond donors (Lipinski definition) is 4. The van der Waals surface area contributed by atoms with E-state index in [-0.39, 0.29) is 6.10 Å². The van der Waals surface area contributed by atoms with E-state index in [2.05, 4.69) is 32.9 Å². The zero-order valence-electron chi connectivity index (χ0n) is 23.2. The van der Waals surface area contributed by atoms with Crippen molar-refractivity contribution in [3.63, 3.8) is 0 Å². The molecule has 4 N–H and O–H groups in total. The fourth-order valence-corrected chi connectivity index (χ4v) is 7.65. The highest BCUT2D eigenvalue weighted by Crippen LogP contribution is 2.60. The number of rotatable bonds is 10. The fraction of sp³-hybridized carbons (Fsp3) is 0.871. The Morgan fingerprint density at radius 3 is 2.34 bits per heavy atom. The van der Waals surface area contributed by atoms with E-state index in [1.165, 1.54) is 31.3 Å². The first-order chi connectivity index (χ1) is 16.4. The molecule has 3 saturated carbocycles. The summed E-state index contributed by atoms with van der Waals surface area (Å²) in [4.78, 5) is 0. The maximum atomic E-state index is 10.6. The Morgan fingerprint density at radius 1 is 1.03 bits per heavy atom.